The van der Waals surface area contributed by atoms with Gasteiger partial charge in [0.25, 0.3) is 0 Å². The third-order valence-electron chi connectivity index (χ3n) is 5.20. The van der Waals surface area contributed by atoms with Crippen LogP contribution in [0, 0.1) is 0 Å². The summed E-state index contributed by atoms with van der Waals surface area (Å²) < 4.78 is 5.27. The minimum absolute atomic E-state index is 0.0256. The normalized spacial score (nSPS) is 12.6. The minimum Gasteiger partial charge on any atom is -0.497 e. The fourth-order valence-corrected chi connectivity index (χ4v) is 3.71. The molecule has 0 amide bonds. The highest BCUT2D eigenvalue weighted by molar-refractivity contribution is 7.81. The lowest BCUT2D eigenvalue weighted by Crippen LogP contribution is -2.28. The maximum absolute atomic E-state index is 5.97. The summed E-state index contributed by atoms with van der Waals surface area (Å²) in [7, 11) is 1.68. The van der Waals surface area contributed by atoms with E-state index in [0.717, 1.165) is 22.0 Å². The average molecular weight is 412 g/mol. The lowest BCUT2D eigenvalue weighted by Gasteiger charge is -2.34. The van der Waals surface area contributed by atoms with E-state index < -0.39 is 0 Å². The first-order chi connectivity index (χ1) is 13.1. The largest absolute Gasteiger partial charge is 0.497 e. The van der Waals surface area contributed by atoms with Crippen LogP contribution in [0.5, 0.6) is 5.75 Å². The van der Waals surface area contributed by atoms with E-state index in [4.69, 9.17) is 17.0 Å². The molecule has 2 aromatic rings. The summed E-state index contributed by atoms with van der Waals surface area (Å²) in [5.41, 5.74) is 6.08. The van der Waals surface area contributed by atoms with E-state index in [0.29, 0.717) is 0 Å². The topological polar surface area (TPSA) is 21.3 Å². The maximum atomic E-state index is 5.97. The molecule has 0 fully saturated rings. The molecule has 2 nitrogen and oxygen atoms in total. The first-order valence-corrected chi connectivity index (χ1v) is 10.7. The minimum atomic E-state index is -0.0256. The molecule has 158 valence electrons. The molecule has 2 aromatic carbocycles. The second-order valence-corrected chi connectivity index (χ2v) is 11.3. The molecule has 0 saturated carbocycles. The van der Waals surface area contributed by atoms with Crippen molar-refractivity contribution < 1.29 is 4.74 Å². The number of thiocarbonyl (C=S) groups is 1. The van der Waals surface area contributed by atoms with Crippen molar-refractivity contribution in [2.45, 2.75) is 78.6 Å². The van der Waals surface area contributed by atoms with Crippen LogP contribution < -0.4 is 10.1 Å². The van der Waals surface area contributed by atoms with E-state index in [1.807, 2.05) is 24.3 Å². The Hall–Kier alpha value is -1.87. The van der Waals surface area contributed by atoms with Gasteiger partial charge in [0.2, 0.25) is 0 Å². The van der Waals surface area contributed by atoms with Gasteiger partial charge in [-0.1, -0.05) is 86.7 Å². The van der Waals surface area contributed by atoms with Crippen LogP contribution in [0.1, 0.15) is 84.6 Å². The molecule has 0 aromatic heterocycles. The van der Waals surface area contributed by atoms with Crippen LogP contribution in [0.3, 0.4) is 0 Å². The van der Waals surface area contributed by atoms with Gasteiger partial charge in [-0.3, -0.25) is 0 Å². The molecule has 0 heterocycles. The van der Waals surface area contributed by atoms with Gasteiger partial charge in [-0.15, -0.1) is 0 Å². The van der Waals surface area contributed by atoms with Crippen LogP contribution in [-0.4, -0.2) is 12.1 Å². The molecule has 0 radical (unpaired) electrons. The summed E-state index contributed by atoms with van der Waals surface area (Å²) in [4.78, 5) is 0.769. The molecule has 29 heavy (non-hydrogen) atoms. The molecule has 0 aliphatic heterocycles. The van der Waals surface area contributed by atoms with Gasteiger partial charge in [-0.2, -0.15) is 0 Å². The Bertz CT molecular complexity index is 840. The Kier molecular flexibility index (Phi) is 6.54. The van der Waals surface area contributed by atoms with E-state index in [2.05, 4.69) is 79.8 Å². The highest BCUT2D eigenvalue weighted by atomic mass is 32.1. The Morgan fingerprint density at radius 2 is 1.21 bits per heavy atom. The third kappa shape index (κ3) is 5.60. The average Bonchev–Trinajstić information content (AvgIpc) is 2.59. The molecular formula is C26H37NOS. The maximum Gasteiger partial charge on any atom is 0.119 e. The predicted octanol–water partition coefficient (Wildman–Crippen LogP) is 7.38. The number of anilines is 1. The summed E-state index contributed by atoms with van der Waals surface area (Å²) in [5.74, 6) is 0.835. The van der Waals surface area contributed by atoms with Crippen molar-refractivity contribution in [3.8, 4) is 5.75 Å². The monoisotopic (exact) mass is 411 g/mol. The molecule has 0 spiro atoms. The van der Waals surface area contributed by atoms with Crippen molar-refractivity contribution in [1.82, 2.24) is 0 Å². The smallest absolute Gasteiger partial charge is 0.119 e. The van der Waals surface area contributed by atoms with Gasteiger partial charge in [0.05, 0.1) is 7.11 Å². The molecule has 0 aliphatic carbocycles. The SMILES string of the molecule is COc1ccc(NC(=S)c2c(C(C)(C)C)cc(C(C)(C)C)cc2C(C)(C)C)cc1. The van der Waals surface area contributed by atoms with Crippen molar-refractivity contribution in [3.05, 3.63) is 58.7 Å². The highest BCUT2D eigenvalue weighted by Gasteiger charge is 2.30. The summed E-state index contributed by atoms with van der Waals surface area (Å²) >= 11 is 5.97. The van der Waals surface area contributed by atoms with Crippen molar-refractivity contribution >= 4 is 22.9 Å². The van der Waals surface area contributed by atoms with Crippen LogP contribution >= 0.6 is 12.2 Å². The summed E-state index contributed by atoms with van der Waals surface area (Å²) in [6, 6.07) is 12.6. The second-order valence-electron chi connectivity index (χ2n) is 10.9. The molecule has 1 N–H and O–H groups in total. The van der Waals surface area contributed by atoms with Gasteiger partial charge in [0, 0.05) is 11.3 Å². The van der Waals surface area contributed by atoms with Crippen molar-refractivity contribution in [1.29, 1.82) is 0 Å². The van der Waals surface area contributed by atoms with Crippen LogP contribution in [0.2, 0.25) is 0 Å². The van der Waals surface area contributed by atoms with E-state index in [9.17, 15) is 0 Å². The number of hydrogen-bond acceptors (Lipinski definition) is 2. The molecular weight excluding hydrogens is 374 g/mol. The predicted molar refractivity (Wildman–Crippen MR) is 131 cm³/mol. The zero-order valence-electron chi connectivity index (χ0n) is 19.8. The fourth-order valence-electron chi connectivity index (χ4n) is 3.37. The van der Waals surface area contributed by atoms with Crippen molar-refractivity contribution in [2.75, 3.05) is 12.4 Å². The van der Waals surface area contributed by atoms with E-state index in [1.165, 1.54) is 16.7 Å². The molecule has 0 saturated heterocycles. The Morgan fingerprint density at radius 3 is 1.55 bits per heavy atom. The van der Waals surface area contributed by atoms with E-state index in [1.54, 1.807) is 7.11 Å². The number of nitrogens with one attached hydrogen (secondary N) is 1. The molecule has 3 heteroatoms. The van der Waals surface area contributed by atoms with Gasteiger partial charge >= 0.3 is 0 Å². The molecule has 0 atom stereocenters. The van der Waals surface area contributed by atoms with Crippen LogP contribution in [0.4, 0.5) is 5.69 Å². The Labute approximate surface area is 183 Å². The summed E-state index contributed by atoms with van der Waals surface area (Å²) in [5, 5.41) is 3.47. The standard InChI is InChI=1S/C26H37NOS/c1-24(2,3)17-15-20(25(4,5)6)22(21(16-17)26(7,8)9)23(29)27-18-11-13-19(28-10)14-12-18/h11-16H,1-10H3,(H,27,29). The van der Waals surface area contributed by atoms with E-state index >= 15 is 0 Å². The van der Waals surface area contributed by atoms with Crippen LogP contribution in [-0.2, 0) is 16.2 Å². The summed E-state index contributed by atoms with van der Waals surface area (Å²) in [6.07, 6.45) is 0. The van der Waals surface area contributed by atoms with Crippen LogP contribution in [0.25, 0.3) is 0 Å². The first-order valence-electron chi connectivity index (χ1n) is 10.3. The first kappa shape index (κ1) is 23.4. The molecule has 2 rings (SSSR count). The van der Waals surface area contributed by atoms with Crippen molar-refractivity contribution in [3.63, 3.8) is 0 Å². The van der Waals surface area contributed by atoms with Gasteiger partial charge in [0.1, 0.15) is 10.7 Å². The fraction of sp³-hybridized carbons (Fsp3) is 0.500. The third-order valence-corrected chi connectivity index (χ3v) is 5.50. The molecule has 0 unspecified atom stereocenters. The number of methoxy groups -OCH3 is 1. The Balaban J connectivity index is 2.67. The zero-order chi connectivity index (χ0) is 22.2. The molecule has 0 aliphatic rings. The number of hydrogen-bond donors (Lipinski definition) is 1. The zero-order valence-corrected chi connectivity index (χ0v) is 20.6. The van der Waals surface area contributed by atoms with Gasteiger partial charge in [0.15, 0.2) is 0 Å². The number of ether oxygens (including phenoxy) is 1. The molecule has 0 bridgehead atoms. The lowest BCUT2D eigenvalue weighted by molar-refractivity contribution is 0.415. The van der Waals surface area contributed by atoms with Crippen molar-refractivity contribution in [2.24, 2.45) is 0 Å². The number of benzene rings is 2. The second kappa shape index (κ2) is 8.10. The Morgan fingerprint density at radius 1 is 0.759 bits per heavy atom. The van der Waals surface area contributed by atoms with Gasteiger partial charge in [-0.25, -0.2) is 0 Å². The van der Waals surface area contributed by atoms with Gasteiger partial charge < -0.3 is 10.1 Å². The van der Waals surface area contributed by atoms with Gasteiger partial charge in [-0.05, 0) is 57.2 Å². The highest BCUT2D eigenvalue weighted by Crippen LogP contribution is 2.38. The van der Waals surface area contributed by atoms with Crippen LogP contribution in [0.15, 0.2) is 36.4 Å². The summed E-state index contributed by atoms with van der Waals surface area (Å²) in [6.45, 7) is 20.4. The number of rotatable bonds is 3. The lowest BCUT2D eigenvalue weighted by atomic mass is 9.72. The van der Waals surface area contributed by atoms with E-state index in [-0.39, 0.29) is 16.2 Å². The quantitative estimate of drug-likeness (QED) is 0.533.